The first kappa shape index (κ1) is 10.2. The number of hydrogen-bond acceptors (Lipinski definition) is 2. The van der Waals surface area contributed by atoms with Crippen LogP contribution in [0.5, 0.6) is 0 Å². The summed E-state index contributed by atoms with van der Waals surface area (Å²) in [5.74, 6) is 6.07. The van der Waals surface area contributed by atoms with Crippen LogP contribution in [-0.4, -0.2) is 15.2 Å². The molecule has 0 spiro atoms. The van der Waals surface area contributed by atoms with Gasteiger partial charge in [0.1, 0.15) is 0 Å². The van der Waals surface area contributed by atoms with Crippen LogP contribution in [0.2, 0.25) is 0 Å². The molecule has 2 heterocycles. The molecule has 0 amide bonds. The van der Waals surface area contributed by atoms with Crippen molar-refractivity contribution in [3.8, 4) is 11.8 Å². The fourth-order valence-corrected chi connectivity index (χ4v) is 1.28. The highest BCUT2D eigenvalue weighted by Crippen LogP contribution is 2.12. The van der Waals surface area contributed by atoms with Crippen molar-refractivity contribution >= 4 is 5.57 Å². The SMILES string of the molecule is C=C(C)c1[nH]ncc1C#Cc1cccnc1. The first-order chi connectivity index (χ1) is 7.77. The predicted octanol–water partition coefficient (Wildman–Crippen LogP) is 2.24. The first-order valence-corrected chi connectivity index (χ1v) is 4.88. The maximum atomic E-state index is 4.00. The van der Waals surface area contributed by atoms with Crippen LogP contribution >= 0.6 is 0 Å². The summed E-state index contributed by atoms with van der Waals surface area (Å²) in [7, 11) is 0. The van der Waals surface area contributed by atoms with E-state index < -0.39 is 0 Å². The van der Waals surface area contributed by atoms with Crippen LogP contribution in [0.4, 0.5) is 0 Å². The summed E-state index contributed by atoms with van der Waals surface area (Å²) in [6.07, 6.45) is 5.16. The van der Waals surface area contributed by atoms with Crippen LogP contribution in [0.3, 0.4) is 0 Å². The fourth-order valence-electron chi connectivity index (χ4n) is 1.28. The van der Waals surface area contributed by atoms with E-state index in [9.17, 15) is 0 Å². The number of aromatic amines is 1. The van der Waals surface area contributed by atoms with E-state index in [1.54, 1.807) is 18.6 Å². The van der Waals surface area contributed by atoms with E-state index >= 15 is 0 Å². The summed E-state index contributed by atoms with van der Waals surface area (Å²) in [4.78, 5) is 4.00. The Labute approximate surface area is 94.2 Å². The molecule has 2 aromatic heterocycles. The molecule has 0 aliphatic rings. The minimum Gasteiger partial charge on any atom is -0.277 e. The van der Waals surface area contributed by atoms with E-state index in [1.165, 1.54) is 0 Å². The molecule has 2 aromatic rings. The van der Waals surface area contributed by atoms with Gasteiger partial charge in [-0.25, -0.2) is 0 Å². The molecule has 78 valence electrons. The van der Waals surface area contributed by atoms with Gasteiger partial charge in [0.25, 0.3) is 0 Å². The molecule has 0 aliphatic heterocycles. The highest BCUT2D eigenvalue weighted by atomic mass is 15.1. The quantitative estimate of drug-likeness (QED) is 0.732. The number of nitrogens with zero attached hydrogens (tertiary/aromatic N) is 2. The molecule has 3 nitrogen and oxygen atoms in total. The van der Waals surface area contributed by atoms with Crippen molar-refractivity contribution in [1.29, 1.82) is 0 Å². The van der Waals surface area contributed by atoms with Gasteiger partial charge in [0.2, 0.25) is 0 Å². The van der Waals surface area contributed by atoms with Gasteiger partial charge in [-0.3, -0.25) is 10.1 Å². The Balaban J connectivity index is 2.31. The summed E-state index contributed by atoms with van der Waals surface area (Å²) in [5, 5.41) is 6.83. The van der Waals surface area contributed by atoms with Gasteiger partial charge >= 0.3 is 0 Å². The predicted molar refractivity (Wildman–Crippen MR) is 63.5 cm³/mol. The molecular formula is C13H11N3. The number of hydrogen-bond donors (Lipinski definition) is 1. The molecule has 0 aliphatic carbocycles. The molecule has 0 saturated carbocycles. The smallest absolute Gasteiger partial charge is 0.0757 e. The second-order valence-corrected chi connectivity index (χ2v) is 3.43. The van der Waals surface area contributed by atoms with E-state index in [1.807, 2.05) is 19.1 Å². The van der Waals surface area contributed by atoms with Gasteiger partial charge in [0.15, 0.2) is 0 Å². The van der Waals surface area contributed by atoms with Crippen molar-refractivity contribution in [2.45, 2.75) is 6.92 Å². The Hall–Kier alpha value is -2.34. The third-order valence-electron chi connectivity index (χ3n) is 2.07. The number of rotatable bonds is 1. The third-order valence-corrected chi connectivity index (χ3v) is 2.07. The molecule has 2 rings (SSSR count). The van der Waals surface area contributed by atoms with E-state index in [4.69, 9.17) is 0 Å². The molecule has 0 fully saturated rings. The topological polar surface area (TPSA) is 41.6 Å². The minimum absolute atomic E-state index is 0.858. The number of allylic oxidation sites excluding steroid dienone is 1. The van der Waals surface area contributed by atoms with Gasteiger partial charge in [-0.05, 0) is 24.6 Å². The second kappa shape index (κ2) is 4.45. The van der Waals surface area contributed by atoms with Crippen LogP contribution in [-0.2, 0) is 0 Å². The summed E-state index contributed by atoms with van der Waals surface area (Å²) in [6.45, 7) is 5.78. The molecule has 0 aromatic carbocycles. The molecular weight excluding hydrogens is 198 g/mol. The molecule has 1 N–H and O–H groups in total. The Morgan fingerprint density at radius 2 is 2.25 bits per heavy atom. The monoisotopic (exact) mass is 209 g/mol. The van der Waals surface area contributed by atoms with Gasteiger partial charge in [-0.15, -0.1) is 0 Å². The van der Waals surface area contributed by atoms with Crippen molar-refractivity contribution in [1.82, 2.24) is 15.2 Å². The molecule has 3 heteroatoms. The Morgan fingerprint density at radius 3 is 2.94 bits per heavy atom. The molecule has 0 bridgehead atoms. The number of pyridine rings is 1. The lowest BCUT2D eigenvalue weighted by molar-refractivity contribution is 1.07. The summed E-state index contributed by atoms with van der Waals surface area (Å²) in [5.41, 5.74) is 3.55. The number of aromatic nitrogens is 3. The zero-order chi connectivity index (χ0) is 11.4. The van der Waals surface area contributed by atoms with Crippen LogP contribution in [0, 0.1) is 11.8 Å². The van der Waals surface area contributed by atoms with Gasteiger partial charge in [0.05, 0.1) is 17.5 Å². The second-order valence-electron chi connectivity index (χ2n) is 3.43. The maximum Gasteiger partial charge on any atom is 0.0757 e. The lowest BCUT2D eigenvalue weighted by atomic mass is 10.1. The molecule has 16 heavy (non-hydrogen) atoms. The lowest BCUT2D eigenvalue weighted by Gasteiger charge is -1.93. The average Bonchev–Trinajstić information content (AvgIpc) is 2.76. The normalized spacial score (nSPS) is 9.31. The van der Waals surface area contributed by atoms with Crippen LogP contribution in [0.25, 0.3) is 5.57 Å². The number of nitrogens with one attached hydrogen (secondary N) is 1. The van der Waals surface area contributed by atoms with E-state index in [2.05, 4.69) is 33.6 Å². The summed E-state index contributed by atoms with van der Waals surface area (Å²) < 4.78 is 0. The van der Waals surface area contributed by atoms with Crippen molar-refractivity contribution in [3.63, 3.8) is 0 Å². The van der Waals surface area contributed by atoms with Gasteiger partial charge < -0.3 is 0 Å². The molecule has 0 radical (unpaired) electrons. The summed E-state index contributed by atoms with van der Waals surface area (Å²) in [6, 6.07) is 3.78. The standard InChI is InChI=1S/C13H11N3/c1-10(2)13-12(9-15-16-13)6-5-11-4-3-7-14-8-11/h3-4,7-9H,1H2,2H3,(H,15,16). The average molecular weight is 209 g/mol. The van der Waals surface area contributed by atoms with Gasteiger partial charge in [-0.1, -0.05) is 18.4 Å². The van der Waals surface area contributed by atoms with Gasteiger partial charge in [-0.2, -0.15) is 5.10 Å². The maximum absolute atomic E-state index is 4.00. The van der Waals surface area contributed by atoms with Gasteiger partial charge in [0, 0.05) is 18.0 Å². The Morgan fingerprint density at radius 1 is 1.38 bits per heavy atom. The van der Waals surface area contributed by atoms with E-state index in [-0.39, 0.29) is 0 Å². The van der Waals surface area contributed by atoms with Crippen molar-refractivity contribution in [2.75, 3.05) is 0 Å². The third kappa shape index (κ3) is 2.18. The van der Waals surface area contributed by atoms with Crippen molar-refractivity contribution < 1.29 is 0 Å². The van der Waals surface area contributed by atoms with Crippen LogP contribution in [0.15, 0.2) is 37.3 Å². The van der Waals surface area contributed by atoms with Crippen LogP contribution < -0.4 is 0 Å². The Kier molecular flexibility index (Phi) is 2.84. The fraction of sp³-hybridized carbons (Fsp3) is 0.0769. The summed E-state index contributed by atoms with van der Waals surface area (Å²) >= 11 is 0. The molecule has 0 saturated heterocycles. The van der Waals surface area contributed by atoms with E-state index in [0.717, 1.165) is 22.4 Å². The first-order valence-electron chi connectivity index (χ1n) is 4.88. The number of H-pyrrole nitrogens is 1. The zero-order valence-corrected chi connectivity index (χ0v) is 8.99. The highest BCUT2D eigenvalue weighted by molar-refractivity contribution is 5.64. The van der Waals surface area contributed by atoms with Crippen molar-refractivity contribution in [2.24, 2.45) is 0 Å². The molecule has 0 atom stereocenters. The van der Waals surface area contributed by atoms with Crippen molar-refractivity contribution in [3.05, 3.63) is 54.1 Å². The Bertz CT molecular complexity index is 556. The van der Waals surface area contributed by atoms with E-state index in [0.29, 0.717) is 0 Å². The highest BCUT2D eigenvalue weighted by Gasteiger charge is 2.01. The minimum atomic E-state index is 0.858. The van der Waals surface area contributed by atoms with Crippen LogP contribution in [0.1, 0.15) is 23.7 Å². The zero-order valence-electron chi connectivity index (χ0n) is 8.99. The largest absolute Gasteiger partial charge is 0.277 e. The lowest BCUT2D eigenvalue weighted by Crippen LogP contribution is -1.82. The molecule has 0 unspecified atom stereocenters.